The molecule has 0 N–H and O–H groups in total. The van der Waals surface area contributed by atoms with Crippen molar-refractivity contribution in [2.75, 3.05) is 6.26 Å². The molecular weight excluding hydrogens is 432 g/mol. The van der Waals surface area contributed by atoms with Crippen LogP contribution in [0.4, 0.5) is 26.3 Å². The fourth-order valence-electron chi connectivity index (χ4n) is 2.39. The first-order chi connectivity index (χ1) is 14.0. The summed E-state index contributed by atoms with van der Waals surface area (Å²) in [7, 11) is 0. The Balaban J connectivity index is 1.88. The Bertz CT molecular complexity index is 959. The van der Waals surface area contributed by atoms with Gasteiger partial charge in [0.15, 0.2) is 0 Å². The molecule has 1 heterocycles. The van der Waals surface area contributed by atoms with Gasteiger partial charge < -0.3 is 9.47 Å². The third kappa shape index (κ3) is 5.59. The summed E-state index contributed by atoms with van der Waals surface area (Å²) in [5, 5.41) is 0. The summed E-state index contributed by atoms with van der Waals surface area (Å²) in [6.45, 7) is 0. The SMILES string of the molecule is CSc1cc(Oc2cccc(C(F)(F)F)c2)nc(Oc2cccc(C(F)(F)F)c2)c1. The predicted molar refractivity (Wildman–Crippen MR) is 99.1 cm³/mol. The van der Waals surface area contributed by atoms with E-state index in [2.05, 4.69) is 4.98 Å². The maximum atomic E-state index is 12.9. The van der Waals surface area contributed by atoms with Crippen LogP contribution in [0.3, 0.4) is 0 Å². The van der Waals surface area contributed by atoms with Crippen molar-refractivity contribution >= 4 is 11.8 Å². The molecule has 0 saturated carbocycles. The topological polar surface area (TPSA) is 31.4 Å². The molecule has 1 aromatic heterocycles. The number of rotatable bonds is 5. The van der Waals surface area contributed by atoms with E-state index in [-0.39, 0.29) is 23.3 Å². The van der Waals surface area contributed by atoms with Crippen molar-refractivity contribution in [1.82, 2.24) is 4.98 Å². The molecule has 0 fully saturated rings. The summed E-state index contributed by atoms with van der Waals surface area (Å²) in [6, 6.07) is 11.4. The molecule has 0 bridgehead atoms. The highest BCUT2D eigenvalue weighted by Gasteiger charge is 2.31. The molecule has 30 heavy (non-hydrogen) atoms. The maximum absolute atomic E-state index is 12.9. The van der Waals surface area contributed by atoms with Gasteiger partial charge in [-0.15, -0.1) is 11.8 Å². The Labute approximate surface area is 171 Å². The molecule has 0 amide bonds. The minimum absolute atomic E-state index is 0.0665. The first-order valence-corrected chi connectivity index (χ1v) is 9.53. The largest absolute Gasteiger partial charge is 0.439 e. The second kappa shape index (κ2) is 8.47. The van der Waals surface area contributed by atoms with E-state index in [0.717, 1.165) is 24.3 Å². The molecule has 158 valence electrons. The van der Waals surface area contributed by atoms with Crippen molar-refractivity contribution in [3.63, 3.8) is 0 Å². The monoisotopic (exact) mass is 445 g/mol. The van der Waals surface area contributed by atoms with Crippen LogP contribution in [0.5, 0.6) is 23.3 Å². The van der Waals surface area contributed by atoms with Crippen molar-refractivity contribution in [2.45, 2.75) is 17.2 Å². The van der Waals surface area contributed by atoms with Crippen LogP contribution in [0, 0.1) is 0 Å². The van der Waals surface area contributed by atoms with E-state index in [1.54, 1.807) is 6.26 Å². The molecule has 0 saturated heterocycles. The lowest BCUT2D eigenvalue weighted by atomic mass is 10.2. The van der Waals surface area contributed by atoms with Crippen LogP contribution in [-0.2, 0) is 12.4 Å². The fraction of sp³-hybridized carbons (Fsp3) is 0.150. The van der Waals surface area contributed by atoms with Gasteiger partial charge in [-0.1, -0.05) is 12.1 Å². The Morgan fingerprint density at radius 2 is 1.13 bits per heavy atom. The molecule has 0 spiro atoms. The molecule has 2 aromatic carbocycles. The lowest BCUT2D eigenvalue weighted by Gasteiger charge is -2.12. The third-order valence-electron chi connectivity index (χ3n) is 3.76. The molecule has 0 aliphatic rings. The van der Waals surface area contributed by atoms with Crippen molar-refractivity contribution in [3.8, 4) is 23.3 Å². The van der Waals surface area contributed by atoms with E-state index >= 15 is 0 Å². The predicted octanol–water partition coefficient (Wildman–Crippen LogP) is 7.43. The minimum atomic E-state index is -4.54. The van der Waals surface area contributed by atoms with Gasteiger partial charge in [-0.05, 0) is 42.7 Å². The van der Waals surface area contributed by atoms with Gasteiger partial charge in [0, 0.05) is 17.0 Å². The molecular formula is C20H13F6NO2S. The Hall–Kier alpha value is -2.88. The molecule has 3 aromatic rings. The van der Waals surface area contributed by atoms with Gasteiger partial charge in [-0.2, -0.15) is 31.3 Å². The average Bonchev–Trinajstić information content (AvgIpc) is 2.67. The second-order valence-electron chi connectivity index (χ2n) is 5.94. The van der Waals surface area contributed by atoms with Gasteiger partial charge in [-0.3, -0.25) is 0 Å². The first-order valence-electron chi connectivity index (χ1n) is 8.31. The number of thioether (sulfide) groups is 1. The van der Waals surface area contributed by atoms with Crippen LogP contribution < -0.4 is 9.47 Å². The highest BCUT2D eigenvalue weighted by molar-refractivity contribution is 7.98. The van der Waals surface area contributed by atoms with Crippen molar-refractivity contribution in [2.24, 2.45) is 0 Å². The maximum Gasteiger partial charge on any atom is 0.416 e. The van der Waals surface area contributed by atoms with E-state index in [1.807, 2.05) is 0 Å². The smallest absolute Gasteiger partial charge is 0.416 e. The van der Waals surface area contributed by atoms with E-state index in [1.165, 1.54) is 48.2 Å². The standard InChI is InChI=1S/C20H13F6NO2S/c1-30-16-10-17(28-14-6-2-4-12(8-14)19(21,22)23)27-18(11-16)29-15-7-3-5-13(9-15)20(24,25)26/h2-11H,1H3. The number of alkyl halides is 6. The minimum Gasteiger partial charge on any atom is -0.439 e. The quantitative estimate of drug-likeness (QED) is 0.302. The molecule has 0 aliphatic carbocycles. The Kier molecular flexibility index (Phi) is 6.16. The van der Waals surface area contributed by atoms with Crippen molar-refractivity contribution < 1.29 is 35.8 Å². The Morgan fingerprint density at radius 3 is 1.50 bits per heavy atom. The normalized spacial score (nSPS) is 12.0. The van der Waals surface area contributed by atoms with E-state index < -0.39 is 23.5 Å². The number of ether oxygens (including phenoxy) is 2. The van der Waals surface area contributed by atoms with Gasteiger partial charge in [0.2, 0.25) is 11.8 Å². The highest BCUT2D eigenvalue weighted by Crippen LogP contribution is 2.35. The number of halogens is 6. The third-order valence-corrected chi connectivity index (χ3v) is 4.46. The van der Waals surface area contributed by atoms with Gasteiger partial charge in [0.05, 0.1) is 11.1 Å². The van der Waals surface area contributed by atoms with Crippen LogP contribution in [0.15, 0.2) is 65.6 Å². The summed E-state index contributed by atoms with van der Waals surface area (Å²) in [6.07, 6.45) is -7.34. The van der Waals surface area contributed by atoms with Gasteiger partial charge >= 0.3 is 12.4 Å². The number of hydrogen-bond donors (Lipinski definition) is 0. The first kappa shape index (κ1) is 21.8. The van der Waals surface area contributed by atoms with Crippen molar-refractivity contribution in [3.05, 3.63) is 71.8 Å². The van der Waals surface area contributed by atoms with Crippen molar-refractivity contribution in [1.29, 1.82) is 0 Å². The molecule has 0 atom stereocenters. The van der Waals surface area contributed by atoms with Gasteiger partial charge in [-0.25, -0.2) is 0 Å². The van der Waals surface area contributed by atoms with Crippen LogP contribution in [-0.4, -0.2) is 11.2 Å². The highest BCUT2D eigenvalue weighted by atomic mass is 32.2. The molecule has 3 rings (SSSR count). The number of aromatic nitrogens is 1. The molecule has 0 radical (unpaired) electrons. The fourth-order valence-corrected chi connectivity index (χ4v) is 2.83. The number of pyridine rings is 1. The number of nitrogens with zero attached hydrogens (tertiary/aromatic N) is 1. The van der Waals surface area contributed by atoms with E-state index in [9.17, 15) is 26.3 Å². The summed E-state index contributed by atoms with van der Waals surface area (Å²) in [5.41, 5.74) is -1.78. The molecule has 3 nitrogen and oxygen atoms in total. The second-order valence-corrected chi connectivity index (χ2v) is 6.82. The van der Waals surface area contributed by atoms with Gasteiger partial charge in [0.25, 0.3) is 0 Å². The van der Waals surface area contributed by atoms with Crippen LogP contribution >= 0.6 is 11.8 Å². The molecule has 0 aliphatic heterocycles. The summed E-state index contributed by atoms with van der Waals surface area (Å²) < 4.78 is 88.1. The van der Waals surface area contributed by atoms with E-state index in [4.69, 9.17) is 9.47 Å². The number of benzene rings is 2. The lowest BCUT2D eigenvalue weighted by molar-refractivity contribution is -0.138. The zero-order valence-corrected chi connectivity index (χ0v) is 16.0. The summed E-state index contributed by atoms with van der Waals surface area (Å²) >= 11 is 1.27. The average molecular weight is 445 g/mol. The van der Waals surface area contributed by atoms with Crippen LogP contribution in [0.2, 0.25) is 0 Å². The lowest BCUT2D eigenvalue weighted by Crippen LogP contribution is -2.05. The van der Waals surface area contributed by atoms with Crippen LogP contribution in [0.1, 0.15) is 11.1 Å². The summed E-state index contributed by atoms with van der Waals surface area (Å²) in [5.74, 6) is -0.326. The number of hydrogen-bond acceptors (Lipinski definition) is 4. The molecule has 10 heteroatoms. The van der Waals surface area contributed by atoms with Crippen LogP contribution in [0.25, 0.3) is 0 Å². The zero-order chi connectivity index (χ0) is 21.9. The molecule has 0 unspecified atom stereocenters. The van der Waals surface area contributed by atoms with E-state index in [0.29, 0.717) is 4.90 Å². The Morgan fingerprint density at radius 1 is 0.700 bits per heavy atom. The van der Waals surface area contributed by atoms with Gasteiger partial charge in [0.1, 0.15) is 11.5 Å². The zero-order valence-electron chi connectivity index (χ0n) is 15.2. The summed E-state index contributed by atoms with van der Waals surface area (Å²) in [4.78, 5) is 4.63.